The summed E-state index contributed by atoms with van der Waals surface area (Å²) in [6.07, 6.45) is 5.94. The summed E-state index contributed by atoms with van der Waals surface area (Å²) in [4.78, 5) is 5.33. The highest BCUT2D eigenvalue weighted by atomic mass is 31.2. The topological polar surface area (TPSA) is 30.0 Å². The summed E-state index contributed by atoms with van der Waals surface area (Å²) in [5, 5.41) is 9.03. The first-order valence-corrected chi connectivity index (χ1v) is 16.2. The monoisotopic (exact) mass is 571 g/mol. The fraction of sp³-hybridized carbons (Fsp3) is 0.0250. The molecule has 3 heteroatoms. The van der Waals surface area contributed by atoms with E-state index >= 15 is 4.57 Å². The van der Waals surface area contributed by atoms with Crippen molar-refractivity contribution >= 4 is 66.7 Å². The lowest BCUT2D eigenvalue weighted by atomic mass is 9.92. The van der Waals surface area contributed by atoms with Gasteiger partial charge in [-0.2, -0.15) is 0 Å². The molecule has 0 fully saturated rings. The highest BCUT2D eigenvalue weighted by molar-refractivity contribution is 7.82. The van der Waals surface area contributed by atoms with Gasteiger partial charge in [-0.15, -0.1) is 0 Å². The molecule has 7 aromatic rings. The first-order chi connectivity index (χ1) is 21.1. The molecule has 0 unspecified atom stereocenters. The van der Waals surface area contributed by atoms with Crippen LogP contribution in [0.4, 0.5) is 0 Å². The summed E-state index contributed by atoms with van der Waals surface area (Å²) in [5.74, 6) is 0. The Kier molecular flexibility index (Phi) is 6.86. The van der Waals surface area contributed by atoms with Crippen molar-refractivity contribution in [2.45, 2.75) is 6.92 Å². The lowest BCUT2D eigenvalue weighted by molar-refractivity contribution is 0.590. The minimum Gasteiger partial charge on any atom is -0.309 e. The molecule has 1 aromatic heterocycles. The fourth-order valence-electron chi connectivity index (χ4n) is 6.20. The third-order valence-electron chi connectivity index (χ3n) is 8.25. The maximum absolute atomic E-state index is 15.2. The molecule has 2 nitrogen and oxygen atoms in total. The summed E-state index contributed by atoms with van der Waals surface area (Å²) < 4.78 is 15.2. The van der Waals surface area contributed by atoms with Crippen LogP contribution in [0.15, 0.2) is 164 Å². The van der Waals surface area contributed by atoms with Gasteiger partial charge in [0, 0.05) is 37.7 Å². The summed E-state index contributed by atoms with van der Waals surface area (Å²) in [7, 11) is -3.14. The van der Waals surface area contributed by atoms with Gasteiger partial charge in [-0.25, -0.2) is 4.98 Å². The third kappa shape index (κ3) is 4.52. The molecule has 0 saturated carbocycles. The number of fused-ring (bicyclic) bond motifs is 6. The summed E-state index contributed by atoms with van der Waals surface area (Å²) in [5.41, 5.74) is 3.91. The Morgan fingerprint density at radius 2 is 1.07 bits per heavy atom. The van der Waals surface area contributed by atoms with Crippen LogP contribution in [-0.4, -0.2) is 4.98 Å². The Hall–Kier alpha value is -5.04. The Morgan fingerprint density at radius 1 is 0.605 bits per heavy atom. The Bertz CT molecular complexity index is 2140. The van der Waals surface area contributed by atoms with Gasteiger partial charge in [0.1, 0.15) is 0 Å². The van der Waals surface area contributed by atoms with Gasteiger partial charge in [0.25, 0.3) is 0 Å². The molecule has 6 aromatic carbocycles. The molecule has 0 amide bonds. The van der Waals surface area contributed by atoms with E-state index in [9.17, 15) is 0 Å². The number of benzene rings is 6. The van der Waals surface area contributed by atoms with E-state index in [0.717, 1.165) is 70.4 Å². The maximum Gasteiger partial charge on any atom is 0.166 e. The Balaban J connectivity index is 1.58. The number of pyridine rings is 1. The van der Waals surface area contributed by atoms with Crippen LogP contribution >= 0.6 is 7.14 Å². The smallest absolute Gasteiger partial charge is 0.166 e. The first-order valence-electron chi connectivity index (χ1n) is 14.5. The van der Waals surface area contributed by atoms with E-state index in [1.54, 1.807) is 0 Å². The maximum atomic E-state index is 15.2. The van der Waals surface area contributed by atoms with Crippen LogP contribution in [0.25, 0.3) is 48.9 Å². The number of hydrogen-bond donors (Lipinski definition) is 0. The molecule has 0 radical (unpaired) electrons. The molecule has 0 aliphatic rings. The molecule has 1 heterocycles. The zero-order valence-corrected chi connectivity index (χ0v) is 24.8. The van der Waals surface area contributed by atoms with E-state index in [0.29, 0.717) is 0 Å². The average molecular weight is 572 g/mol. The van der Waals surface area contributed by atoms with Crippen molar-refractivity contribution in [1.82, 2.24) is 4.98 Å². The summed E-state index contributed by atoms with van der Waals surface area (Å²) >= 11 is 0. The van der Waals surface area contributed by atoms with Crippen molar-refractivity contribution < 1.29 is 4.57 Å². The highest BCUT2D eigenvalue weighted by Crippen LogP contribution is 2.52. The lowest BCUT2D eigenvalue weighted by Crippen LogP contribution is -2.16. The molecule has 43 heavy (non-hydrogen) atoms. The van der Waals surface area contributed by atoms with E-state index < -0.39 is 7.14 Å². The molecule has 0 N–H and O–H groups in total. The molecule has 0 aliphatic heterocycles. The second kappa shape index (κ2) is 11.0. The third-order valence-corrected chi connectivity index (χ3v) is 11.4. The van der Waals surface area contributed by atoms with Gasteiger partial charge < -0.3 is 4.57 Å². The van der Waals surface area contributed by atoms with Crippen molar-refractivity contribution in [2.75, 3.05) is 0 Å². The van der Waals surface area contributed by atoms with Crippen LogP contribution in [0.5, 0.6) is 0 Å². The van der Waals surface area contributed by atoms with Gasteiger partial charge in [-0.05, 0) is 34.7 Å². The average Bonchev–Trinajstić information content (AvgIpc) is 3.07. The van der Waals surface area contributed by atoms with Crippen LogP contribution in [0.1, 0.15) is 12.5 Å². The standard InChI is InChI=1S/C40H30NOP/c1-3-14-31(27-28(2)43(42,32-17-6-4-7-18-32)33-19-8-5-9-20-33)38-36-25-23-29-15-10-12-21-34(29)39(36)41-40-35-22-13-11-16-30(35)24-26-37(38)40/h3-27H,1H2,2H3/b28-27+,31-14+. The molecule has 0 bridgehead atoms. The van der Waals surface area contributed by atoms with Gasteiger partial charge >= 0.3 is 0 Å². The molecular formula is C40H30NOP. The molecule has 7 rings (SSSR count). The minimum atomic E-state index is -3.14. The van der Waals surface area contributed by atoms with Crippen LogP contribution in [-0.2, 0) is 4.57 Å². The quantitative estimate of drug-likeness (QED) is 0.0860. The largest absolute Gasteiger partial charge is 0.309 e. The zero-order chi connectivity index (χ0) is 29.4. The molecule has 0 aliphatic carbocycles. The van der Waals surface area contributed by atoms with Gasteiger partial charge in [0.15, 0.2) is 7.14 Å². The van der Waals surface area contributed by atoms with Crippen molar-refractivity contribution in [1.29, 1.82) is 0 Å². The van der Waals surface area contributed by atoms with Gasteiger partial charge in [0.05, 0.1) is 11.0 Å². The number of aromatic nitrogens is 1. The zero-order valence-electron chi connectivity index (χ0n) is 23.9. The number of rotatable bonds is 6. The van der Waals surface area contributed by atoms with Gasteiger partial charge in [0.2, 0.25) is 0 Å². The van der Waals surface area contributed by atoms with Crippen LogP contribution in [0.3, 0.4) is 0 Å². The Morgan fingerprint density at radius 3 is 1.56 bits per heavy atom. The van der Waals surface area contributed by atoms with E-state index in [4.69, 9.17) is 4.98 Å². The molecule has 0 saturated heterocycles. The molecular weight excluding hydrogens is 541 g/mol. The normalized spacial score (nSPS) is 12.8. The first kappa shape index (κ1) is 26.8. The minimum absolute atomic E-state index is 0.803. The van der Waals surface area contributed by atoms with Crippen LogP contribution < -0.4 is 10.6 Å². The van der Waals surface area contributed by atoms with Crippen molar-refractivity contribution in [3.63, 3.8) is 0 Å². The SMILES string of the molecule is C=C/C=C(\C=C(/C)P(=O)(c1ccccc1)c1ccccc1)c1c2ccc3ccccc3c2nc2c1ccc1ccccc12. The van der Waals surface area contributed by atoms with Crippen molar-refractivity contribution in [3.8, 4) is 0 Å². The van der Waals surface area contributed by atoms with E-state index in [1.165, 1.54) is 0 Å². The van der Waals surface area contributed by atoms with Gasteiger partial charge in [-0.3, -0.25) is 0 Å². The van der Waals surface area contributed by atoms with Crippen LogP contribution in [0.2, 0.25) is 0 Å². The highest BCUT2D eigenvalue weighted by Gasteiger charge is 2.29. The fourth-order valence-corrected chi connectivity index (χ4v) is 8.82. The number of hydrogen-bond acceptors (Lipinski definition) is 2. The summed E-state index contributed by atoms with van der Waals surface area (Å²) in [6, 6.07) is 45.1. The summed E-state index contributed by atoms with van der Waals surface area (Å²) in [6.45, 7) is 6.08. The number of nitrogens with zero attached hydrogens (tertiary/aromatic N) is 1. The predicted molar refractivity (Wildman–Crippen MR) is 186 cm³/mol. The van der Waals surface area contributed by atoms with E-state index in [2.05, 4.69) is 85.5 Å². The molecule has 206 valence electrons. The lowest BCUT2D eigenvalue weighted by Gasteiger charge is -2.22. The molecule has 0 atom stereocenters. The van der Waals surface area contributed by atoms with Crippen molar-refractivity contribution in [3.05, 3.63) is 169 Å². The van der Waals surface area contributed by atoms with Gasteiger partial charge in [-0.1, -0.05) is 152 Å². The Labute approximate surface area is 251 Å². The predicted octanol–water partition coefficient (Wildman–Crippen LogP) is 10.2. The second-order valence-electron chi connectivity index (χ2n) is 10.8. The second-order valence-corrected chi connectivity index (χ2v) is 13.7. The van der Waals surface area contributed by atoms with Crippen LogP contribution in [0, 0.1) is 0 Å². The van der Waals surface area contributed by atoms with E-state index in [-0.39, 0.29) is 0 Å². The van der Waals surface area contributed by atoms with E-state index in [1.807, 2.05) is 79.7 Å². The molecule has 0 spiro atoms. The number of allylic oxidation sites excluding steroid dienone is 5. The van der Waals surface area contributed by atoms with Crippen molar-refractivity contribution in [2.24, 2.45) is 0 Å².